The summed E-state index contributed by atoms with van der Waals surface area (Å²) >= 11 is 0. The van der Waals surface area contributed by atoms with Gasteiger partial charge >= 0.3 is 6.18 Å². The fourth-order valence-corrected chi connectivity index (χ4v) is 3.42. The topological polar surface area (TPSA) is 39.6 Å². The maximum atomic E-state index is 12.7. The number of hydrogen-bond acceptors (Lipinski definition) is 4. The zero-order valence-electron chi connectivity index (χ0n) is 15.5. The predicted molar refractivity (Wildman–Crippen MR) is 98.4 cm³/mol. The van der Waals surface area contributed by atoms with Crippen molar-refractivity contribution in [1.82, 2.24) is 9.88 Å². The van der Waals surface area contributed by atoms with E-state index in [1.165, 1.54) is 12.1 Å². The Labute approximate surface area is 157 Å². The van der Waals surface area contributed by atoms with Crippen LogP contribution in [0.25, 0.3) is 0 Å². The molecule has 1 aliphatic heterocycles. The number of benzene rings is 1. The molecule has 1 aliphatic rings. The van der Waals surface area contributed by atoms with E-state index in [9.17, 15) is 18.3 Å². The first-order valence-corrected chi connectivity index (χ1v) is 8.96. The van der Waals surface area contributed by atoms with Crippen molar-refractivity contribution in [1.29, 1.82) is 0 Å². The molecule has 0 unspecified atom stereocenters. The molecule has 0 fully saturated rings. The zero-order chi connectivity index (χ0) is 19.6. The van der Waals surface area contributed by atoms with E-state index in [0.717, 1.165) is 47.7 Å². The molecule has 0 radical (unpaired) electrons. The van der Waals surface area contributed by atoms with Gasteiger partial charge in [0, 0.05) is 37.9 Å². The average molecular weight is 379 g/mol. The molecule has 1 atom stereocenters. The Morgan fingerprint density at radius 1 is 1.15 bits per heavy atom. The van der Waals surface area contributed by atoms with E-state index in [4.69, 9.17) is 0 Å². The van der Waals surface area contributed by atoms with Crippen LogP contribution in [0.2, 0.25) is 0 Å². The standard InChI is InChI=1S/C20H24F3N3O/c1-14-3-6-16-12-26(10-9-18(13-27)25(2)19(16)24-14)11-15-4-7-17(8-5-15)20(21,22)23/h3-8,18,27H,9-13H2,1-2H3/t18-/m0/s1. The maximum absolute atomic E-state index is 12.7. The molecule has 0 saturated carbocycles. The summed E-state index contributed by atoms with van der Waals surface area (Å²) in [4.78, 5) is 8.85. The molecule has 0 saturated heterocycles. The second-order valence-corrected chi connectivity index (χ2v) is 7.08. The molecule has 146 valence electrons. The van der Waals surface area contributed by atoms with E-state index in [1.807, 2.05) is 31.0 Å². The SMILES string of the molecule is Cc1ccc2c(n1)N(C)[C@H](CO)CCN(Cc1ccc(C(F)(F)F)cc1)C2. The second-order valence-electron chi connectivity index (χ2n) is 7.08. The van der Waals surface area contributed by atoms with Crippen molar-refractivity contribution >= 4 is 5.82 Å². The lowest BCUT2D eigenvalue weighted by Gasteiger charge is -2.35. The van der Waals surface area contributed by atoms with E-state index in [1.54, 1.807) is 0 Å². The molecule has 3 rings (SSSR count). The van der Waals surface area contributed by atoms with Crippen molar-refractivity contribution in [2.75, 3.05) is 25.1 Å². The number of likely N-dealkylation sites (N-methyl/N-ethyl adjacent to an activating group) is 1. The first kappa shape index (κ1) is 19.6. The molecule has 27 heavy (non-hydrogen) atoms. The Hall–Kier alpha value is -2.12. The van der Waals surface area contributed by atoms with Gasteiger partial charge in [-0.2, -0.15) is 13.2 Å². The van der Waals surface area contributed by atoms with Gasteiger partial charge < -0.3 is 10.0 Å². The number of aliphatic hydroxyl groups is 1. The van der Waals surface area contributed by atoms with Gasteiger partial charge in [-0.05, 0) is 37.1 Å². The van der Waals surface area contributed by atoms with Gasteiger partial charge in [-0.15, -0.1) is 0 Å². The molecule has 0 aliphatic carbocycles. The fraction of sp³-hybridized carbons (Fsp3) is 0.450. The third-order valence-electron chi connectivity index (χ3n) is 5.05. The summed E-state index contributed by atoms with van der Waals surface area (Å²) in [5.41, 5.74) is 2.16. The molecule has 7 heteroatoms. The molecule has 4 nitrogen and oxygen atoms in total. The van der Waals surface area contributed by atoms with Crippen molar-refractivity contribution in [2.24, 2.45) is 0 Å². The Kier molecular flexibility index (Phi) is 5.72. The summed E-state index contributed by atoms with van der Waals surface area (Å²) in [6.07, 6.45) is -3.57. The monoisotopic (exact) mass is 379 g/mol. The number of fused-ring (bicyclic) bond motifs is 1. The number of rotatable bonds is 3. The molecular weight excluding hydrogens is 355 g/mol. The summed E-state index contributed by atoms with van der Waals surface area (Å²) in [6.45, 7) is 3.91. The van der Waals surface area contributed by atoms with Crippen molar-refractivity contribution in [3.63, 3.8) is 0 Å². The van der Waals surface area contributed by atoms with Crippen LogP contribution in [0.4, 0.5) is 19.0 Å². The predicted octanol–water partition coefficient (Wildman–Crippen LogP) is 3.61. The molecule has 1 aromatic heterocycles. The van der Waals surface area contributed by atoms with Gasteiger partial charge in [0.25, 0.3) is 0 Å². The van der Waals surface area contributed by atoms with Gasteiger partial charge in [0.15, 0.2) is 0 Å². The minimum Gasteiger partial charge on any atom is -0.394 e. The van der Waals surface area contributed by atoms with Gasteiger partial charge in [-0.25, -0.2) is 4.98 Å². The van der Waals surface area contributed by atoms with Crippen LogP contribution in [-0.4, -0.2) is 41.2 Å². The van der Waals surface area contributed by atoms with E-state index in [2.05, 4.69) is 9.88 Å². The van der Waals surface area contributed by atoms with Crippen molar-refractivity contribution < 1.29 is 18.3 Å². The van der Waals surface area contributed by atoms with Gasteiger partial charge in [0.05, 0.1) is 18.2 Å². The lowest BCUT2D eigenvalue weighted by Crippen LogP contribution is -2.41. The van der Waals surface area contributed by atoms with Crippen molar-refractivity contribution in [3.8, 4) is 0 Å². The molecule has 1 N–H and O–H groups in total. The average Bonchev–Trinajstić information content (AvgIpc) is 2.62. The number of anilines is 1. The number of nitrogens with zero attached hydrogens (tertiary/aromatic N) is 3. The Bertz CT molecular complexity index is 777. The molecule has 2 aromatic rings. The number of pyridine rings is 1. The van der Waals surface area contributed by atoms with Crippen LogP contribution in [0, 0.1) is 6.92 Å². The summed E-state index contributed by atoms with van der Waals surface area (Å²) in [7, 11) is 1.94. The molecule has 1 aromatic carbocycles. The van der Waals surface area contributed by atoms with Crippen molar-refractivity contribution in [2.45, 2.75) is 38.7 Å². The van der Waals surface area contributed by atoms with E-state index in [0.29, 0.717) is 13.1 Å². The number of halogens is 3. The highest BCUT2D eigenvalue weighted by molar-refractivity contribution is 5.48. The Morgan fingerprint density at radius 2 is 1.85 bits per heavy atom. The molecule has 0 spiro atoms. The molecule has 0 amide bonds. The minimum absolute atomic E-state index is 0.0275. The zero-order valence-corrected chi connectivity index (χ0v) is 15.5. The van der Waals surface area contributed by atoms with Crippen LogP contribution in [0.3, 0.4) is 0 Å². The molecule has 0 bridgehead atoms. The van der Waals surface area contributed by atoms with Crippen LogP contribution >= 0.6 is 0 Å². The van der Waals surface area contributed by atoms with E-state index < -0.39 is 11.7 Å². The lowest BCUT2D eigenvalue weighted by atomic mass is 10.1. The van der Waals surface area contributed by atoms with Crippen molar-refractivity contribution in [3.05, 3.63) is 58.8 Å². The summed E-state index contributed by atoms with van der Waals surface area (Å²) in [5, 5.41) is 9.76. The highest BCUT2D eigenvalue weighted by Gasteiger charge is 2.30. The van der Waals surface area contributed by atoms with Gasteiger partial charge in [-0.1, -0.05) is 18.2 Å². The summed E-state index contributed by atoms with van der Waals surface area (Å²) in [6, 6.07) is 9.27. The lowest BCUT2D eigenvalue weighted by molar-refractivity contribution is -0.137. The van der Waals surface area contributed by atoms with Crippen LogP contribution in [0.5, 0.6) is 0 Å². The van der Waals surface area contributed by atoms with Gasteiger partial charge in [0.1, 0.15) is 5.82 Å². The molecular formula is C20H24F3N3O. The van der Waals surface area contributed by atoms with E-state index >= 15 is 0 Å². The minimum atomic E-state index is -4.32. The maximum Gasteiger partial charge on any atom is 0.416 e. The number of hydrogen-bond donors (Lipinski definition) is 1. The third kappa shape index (κ3) is 4.59. The number of aryl methyl sites for hydroxylation is 1. The Morgan fingerprint density at radius 3 is 2.48 bits per heavy atom. The fourth-order valence-electron chi connectivity index (χ4n) is 3.42. The second kappa shape index (κ2) is 7.86. The van der Waals surface area contributed by atoms with E-state index in [-0.39, 0.29) is 12.6 Å². The largest absolute Gasteiger partial charge is 0.416 e. The highest BCUT2D eigenvalue weighted by atomic mass is 19.4. The van der Waals surface area contributed by atoms with Gasteiger partial charge in [0.2, 0.25) is 0 Å². The highest BCUT2D eigenvalue weighted by Crippen LogP contribution is 2.30. The molecule has 2 heterocycles. The smallest absolute Gasteiger partial charge is 0.394 e. The van der Waals surface area contributed by atoms with Crippen LogP contribution in [0.15, 0.2) is 36.4 Å². The number of alkyl halides is 3. The van der Waals surface area contributed by atoms with Gasteiger partial charge in [-0.3, -0.25) is 4.90 Å². The normalized spacial score (nSPS) is 18.7. The summed E-state index contributed by atoms with van der Waals surface area (Å²) in [5.74, 6) is 0.853. The van der Waals surface area contributed by atoms with Crippen LogP contribution in [0.1, 0.15) is 28.8 Å². The Balaban J connectivity index is 1.82. The summed E-state index contributed by atoms with van der Waals surface area (Å²) < 4.78 is 38.2. The number of aromatic nitrogens is 1. The first-order chi connectivity index (χ1) is 12.8. The third-order valence-corrected chi connectivity index (χ3v) is 5.05. The van der Waals surface area contributed by atoms with Crippen LogP contribution in [-0.2, 0) is 19.3 Å². The first-order valence-electron chi connectivity index (χ1n) is 8.96. The quantitative estimate of drug-likeness (QED) is 0.884. The van der Waals surface area contributed by atoms with Crippen LogP contribution < -0.4 is 4.90 Å². The number of aliphatic hydroxyl groups excluding tert-OH is 1.